The van der Waals surface area contributed by atoms with Crippen LogP contribution < -0.4 is 5.73 Å². The molecule has 0 radical (unpaired) electrons. The SMILES string of the molecule is COC(=O)c1c(C)cc(C(O)CN)n1C. The van der Waals surface area contributed by atoms with Gasteiger partial charge in [0.2, 0.25) is 0 Å². The lowest BCUT2D eigenvalue weighted by atomic mass is 10.2. The number of nitrogens with zero attached hydrogens (tertiary/aromatic N) is 1. The van der Waals surface area contributed by atoms with Gasteiger partial charge in [0.05, 0.1) is 7.11 Å². The largest absolute Gasteiger partial charge is 0.464 e. The van der Waals surface area contributed by atoms with Crippen LogP contribution in [0.3, 0.4) is 0 Å². The van der Waals surface area contributed by atoms with E-state index in [4.69, 9.17) is 5.73 Å². The van der Waals surface area contributed by atoms with Gasteiger partial charge >= 0.3 is 5.97 Å². The highest BCUT2D eigenvalue weighted by Gasteiger charge is 2.20. The molecule has 0 spiro atoms. The van der Waals surface area contributed by atoms with Crippen molar-refractivity contribution < 1.29 is 14.6 Å². The Morgan fingerprint density at radius 1 is 1.73 bits per heavy atom. The molecule has 1 atom stereocenters. The maximum absolute atomic E-state index is 11.4. The molecule has 0 aliphatic heterocycles. The third-order valence-electron chi connectivity index (χ3n) is 2.40. The molecule has 0 aromatic carbocycles. The molecule has 5 heteroatoms. The summed E-state index contributed by atoms with van der Waals surface area (Å²) in [6.45, 7) is 1.91. The predicted octanol–water partition coefficient (Wildman–Crippen LogP) is 0.112. The topological polar surface area (TPSA) is 77.5 Å². The highest BCUT2D eigenvalue weighted by atomic mass is 16.5. The number of aliphatic hydroxyl groups excluding tert-OH is 1. The zero-order valence-corrected chi connectivity index (χ0v) is 9.15. The number of carbonyl (C=O) groups excluding carboxylic acids is 1. The van der Waals surface area contributed by atoms with E-state index in [0.717, 1.165) is 5.56 Å². The molecule has 0 saturated heterocycles. The third-order valence-corrected chi connectivity index (χ3v) is 2.40. The number of rotatable bonds is 3. The number of nitrogens with two attached hydrogens (primary N) is 1. The molecular formula is C10H16N2O3. The van der Waals surface area contributed by atoms with Crippen molar-refractivity contribution in [3.05, 3.63) is 23.0 Å². The Morgan fingerprint density at radius 3 is 2.80 bits per heavy atom. The summed E-state index contributed by atoms with van der Waals surface area (Å²) in [4.78, 5) is 11.4. The van der Waals surface area contributed by atoms with Crippen LogP contribution in [0.2, 0.25) is 0 Å². The number of methoxy groups -OCH3 is 1. The molecule has 3 N–H and O–H groups in total. The number of esters is 1. The number of ether oxygens (including phenoxy) is 1. The zero-order chi connectivity index (χ0) is 11.6. The molecule has 84 valence electrons. The van der Waals surface area contributed by atoms with Crippen LogP contribution in [0.5, 0.6) is 0 Å². The van der Waals surface area contributed by atoms with Crippen molar-refractivity contribution in [3.63, 3.8) is 0 Å². The quantitative estimate of drug-likeness (QED) is 0.697. The van der Waals surface area contributed by atoms with E-state index in [1.165, 1.54) is 7.11 Å². The summed E-state index contributed by atoms with van der Waals surface area (Å²) >= 11 is 0. The summed E-state index contributed by atoms with van der Waals surface area (Å²) in [5, 5.41) is 9.60. The monoisotopic (exact) mass is 212 g/mol. The van der Waals surface area contributed by atoms with Crippen LogP contribution in [0.1, 0.15) is 27.8 Å². The normalized spacial score (nSPS) is 12.6. The predicted molar refractivity (Wildman–Crippen MR) is 55.5 cm³/mol. The van der Waals surface area contributed by atoms with Crippen LogP contribution in [0.4, 0.5) is 0 Å². The number of aromatic nitrogens is 1. The average Bonchev–Trinajstić information content (AvgIpc) is 2.52. The summed E-state index contributed by atoms with van der Waals surface area (Å²) in [5.74, 6) is -0.412. The van der Waals surface area contributed by atoms with E-state index in [-0.39, 0.29) is 6.54 Å². The molecule has 0 saturated carbocycles. The lowest BCUT2D eigenvalue weighted by Crippen LogP contribution is -2.17. The smallest absolute Gasteiger partial charge is 0.354 e. The standard InChI is InChI=1S/C10H16N2O3/c1-6-4-7(8(13)5-11)12(2)9(6)10(14)15-3/h4,8,13H,5,11H2,1-3H3. The van der Waals surface area contributed by atoms with Crippen molar-refractivity contribution in [2.75, 3.05) is 13.7 Å². The van der Waals surface area contributed by atoms with Gasteiger partial charge in [0.1, 0.15) is 11.8 Å². The van der Waals surface area contributed by atoms with Gasteiger partial charge in [-0.05, 0) is 18.6 Å². The van der Waals surface area contributed by atoms with Crippen LogP contribution in [0, 0.1) is 6.92 Å². The molecule has 1 heterocycles. The highest BCUT2D eigenvalue weighted by molar-refractivity contribution is 5.89. The van der Waals surface area contributed by atoms with Crippen LogP contribution in [0.15, 0.2) is 6.07 Å². The van der Waals surface area contributed by atoms with Gasteiger partial charge in [0, 0.05) is 19.3 Å². The first kappa shape index (κ1) is 11.7. The summed E-state index contributed by atoms with van der Waals surface area (Å²) in [5.41, 5.74) is 7.20. The van der Waals surface area contributed by atoms with Gasteiger partial charge in [-0.1, -0.05) is 0 Å². The van der Waals surface area contributed by atoms with Gasteiger partial charge < -0.3 is 20.1 Å². The first-order valence-electron chi connectivity index (χ1n) is 4.65. The zero-order valence-electron chi connectivity index (χ0n) is 9.15. The summed E-state index contributed by atoms with van der Waals surface area (Å²) < 4.78 is 6.26. The number of hydrogen-bond donors (Lipinski definition) is 2. The van der Waals surface area contributed by atoms with Gasteiger partial charge in [-0.15, -0.1) is 0 Å². The Kier molecular flexibility index (Phi) is 3.49. The van der Waals surface area contributed by atoms with Crippen molar-refractivity contribution in [2.24, 2.45) is 12.8 Å². The first-order chi connectivity index (χ1) is 7.02. The molecule has 5 nitrogen and oxygen atoms in total. The highest BCUT2D eigenvalue weighted by Crippen LogP contribution is 2.20. The van der Waals surface area contributed by atoms with Gasteiger partial charge in [0.15, 0.2) is 0 Å². The minimum absolute atomic E-state index is 0.123. The lowest BCUT2D eigenvalue weighted by Gasteiger charge is -2.10. The van der Waals surface area contributed by atoms with Crippen molar-refractivity contribution in [3.8, 4) is 0 Å². The van der Waals surface area contributed by atoms with Crippen LogP contribution in [0.25, 0.3) is 0 Å². The Balaban J connectivity index is 3.20. The van der Waals surface area contributed by atoms with Crippen molar-refractivity contribution in [1.82, 2.24) is 4.57 Å². The van der Waals surface area contributed by atoms with Crippen molar-refractivity contribution >= 4 is 5.97 Å². The van der Waals surface area contributed by atoms with E-state index >= 15 is 0 Å². The van der Waals surface area contributed by atoms with E-state index in [1.807, 2.05) is 0 Å². The number of hydrogen-bond acceptors (Lipinski definition) is 4. The maximum atomic E-state index is 11.4. The first-order valence-corrected chi connectivity index (χ1v) is 4.65. The molecule has 1 rings (SSSR count). The summed E-state index contributed by atoms with van der Waals surface area (Å²) in [6, 6.07) is 1.74. The second kappa shape index (κ2) is 4.46. The average molecular weight is 212 g/mol. The molecule has 15 heavy (non-hydrogen) atoms. The fourth-order valence-corrected chi connectivity index (χ4v) is 1.62. The van der Waals surface area contributed by atoms with Crippen molar-refractivity contribution in [1.29, 1.82) is 0 Å². The second-order valence-electron chi connectivity index (χ2n) is 3.40. The molecule has 0 amide bonds. The van der Waals surface area contributed by atoms with Crippen molar-refractivity contribution in [2.45, 2.75) is 13.0 Å². The Labute approximate surface area is 88.4 Å². The Morgan fingerprint density at radius 2 is 2.33 bits per heavy atom. The number of carbonyl (C=O) groups is 1. The van der Waals surface area contributed by atoms with Gasteiger partial charge in [-0.3, -0.25) is 0 Å². The molecule has 0 aliphatic carbocycles. The van der Waals surface area contributed by atoms with Crippen LogP contribution in [-0.4, -0.2) is 29.3 Å². The van der Waals surface area contributed by atoms with Gasteiger partial charge in [-0.25, -0.2) is 4.79 Å². The van der Waals surface area contributed by atoms with Gasteiger partial charge in [0.25, 0.3) is 0 Å². The van der Waals surface area contributed by atoms with E-state index in [0.29, 0.717) is 11.4 Å². The Bertz CT molecular complexity index is 371. The summed E-state index contributed by atoms with van der Waals surface area (Å²) in [6.07, 6.45) is -0.757. The molecule has 1 unspecified atom stereocenters. The Hall–Kier alpha value is -1.33. The fraction of sp³-hybridized carbons (Fsp3) is 0.500. The van der Waals surface area contributed by atoms with E-state index < -0.39 is 12.1 Å². The number of aryl methyl sites for hydroxylation is 1. The molecule has 1 aromatic heterocycles. The lowest BCUT2D eigenvalue weighted by molar-refractivity contribution is 0.0587. The number of aliphatic hydroxyl groups is 1. The molecule has 0 bridgehead atoms. The van der Waals surface area contributed by atoms with E-state index in [9.17, 15) is 9.90 Å². The molecule has 0 fully saturated rings. The minimum atomic E-state index is -0.757. The van der Waals surface area contributed by atoms with Crippen LogP contribution >= 0.6 is 0 Å². The second-order valence-corrected chi connectivity index (χ2v) is 3.40. The molecular weight excluding hydrogens is 196 g/mol. The van der Waals surface area contributed by atoms with E-state index in [1.54, 1.807) is 24.6 Å². The third kappa shape index (κ3) is 2.03. The minimum Gasteiger partial charge on any atom is -0.464 e. The van der Waals surface area contributed by atoms with Crippen LogP contribution in [-0.2, 0) is 11.8 Å². The maximum Gasteiger partial charge on any atom is 0.354 e. The summed E-state index contributed by atoms with van der Waals surface area (Å²) in [7, 11) is 3.03. The van der Waals surface area contributed by atoms with Gasteiger partial charge in [-0.2, -0.15) is 0 Å². The molecule has 0 aliphatic rings. The molecule has 1 aromatic rings. The fourth-order valence-electron chi connectivity index (χ4n) is 1.62. The van der Waals surface area contributed by atoms with E-state index in [2.05, 4.69) is 4.74 Å².